The second-order valence-corrected chi connectivity index (χ2v) is 5.38. The molecular weight excluding hydrogens is 351 g/mol. The van der Waals surface area contributed by atoms with Gasteiger partial charge in [0.2, 0.25) is 5.88 Å². The predicted octanol–water partition coefficient (Wildman–Crippen LogP) is 3.98. The van der Waals surface area contributed by atoms with Crippen LogP contribution in [0.5, 0.6) is 11.6 Å². The molecule has 0 saturated carbocycles. The number of ether oxygens (including phenoxy) is 1. The zero-order chi connectivity index (χ0) is 13.5. The Morgan fingerprint density at radius 3 is 2.74 bits per heavy atom. The van der Waals surface area contributed by atoms with E-state index in [1.54, 1.807) is 0 Å². The van der Waals surface area contributed by atoms with Gasteiger partial charge in [0.05, 0.1) is 3.57 Å². The fourth-order valence-corrected chi connectivity index (χ4v) is 2.12. The molecule has 0 unspecified atom stereocenters. The van der Waals surface area contributed by atoms with Crippen LogP contribution in [0.25, 0.3) is 0 Å². The first-order valence-electron chi connectivity index (χ1n) is 6.37. The normalized spacial score (nSPS) is 10.4. The van der Waals surface area contributed by atoms with Crippen molar-refractivity contribution in [1.29, 1.82) is 0 Å². The van der Waals surface area contributed by atoms with Crippen molar-refractivity contribution in [3.63, 3.8) is 0 Å². The van der Waals surface area contributed by atoms with Gasteiger partial charge in [-0.1, -0.05) is 25.1 Å². The summed E-state index contributed by atoms with van der Waals surface area (Å²) in [5, 5.41) is 3.35. The van der Waals surface area contributed by atoms with Crippen LogP contribution in [0.2, 0.25) is 0 Å². The van der Waals surface area contributed by atoms with E-state index in [0.717, 1.165) is 28.8 Å². The van der Waals surface area contributed by atoms with Crippen LogP contribution in [0, 0.1) is 3.57 Å². The number of halogens is 1. The number of aromatic nitrogens is 1. The molecule has 1 aromatic carbocycles. The molecule has 1 aromatic heterocycles. The zero-order valence-corrected chi connectivity index (χ0v) is 13.1. The molecule has 0 radical (unpaired) electrons. The molecule has 0 bridgehead atoms. The topological polar surface area (TPSA) is 34.1 Å². The average Bonchev–Trinajstić information content (AvgIpc) is 2.44. The summed E-state index contributed by atoms with van der Waals surface area (Å²) in [6.45, 7) is 4.04. The molecule has 19 heavy (non-hydrogen) atoms. The van der Waals surface area contributed by atoms with Crippen molar-refractivity contribution in [1.82, 2.24) is 10.3 Å². The minimum atomic E-state index is 0.628. The van der Waals surface area contributed by atoms with Gasteiger partial charge in [0.1, 0.15) is 5.75 Å². The lowest BCUT2D eigenvalue weighted by atomic mass is 10.3. The average molecular weight is 368 g/mol. The number of hydrogen-bond donors (Lipinski definition) is 1. The molecule has 0 atom stereocenters. The number of hydrogen-bond acceptors (Lipinski definition) is 3. The number of rotatable bonds is 6. The molecule has 0 aliphatic rings. The summed E-state index contributed by atoms with van der Waals surface area (Å²) >= 11 is 2.25. The maximum Gasteiger partial charge on any atom is 0.219 e. The van der Waals surface area contributed by atoms with Crippen LogP contribution >= 0.6 is 22.6 Å². The van der Waals surface area contributed by atoms with Crippen molar-refractivity contribution in [2.45, 2.75) is 19.9 Å². The Kier molecular flexibility index (Phi) is 5.60. The molecule has 4 heteroatoms. The van der Waals surface area contributed by atoms with E-state index in [4.69, 9.17) is 4.74 Å². The van der Waals surface area contributed by atoms with Crippen LogP contribution in [0.15, 0.2) is 42.6 Å². The van der Waals surface area contributed by atoms with Crippen LogP contribution in [0.4, 0.5) is 0 Å². The van der Waals surface area contributed by atoms with Crippen molar-refractivity contribution in [2.75, 3.05) is 6.54 Å². The Morgan fingerprint density at radius 1 is 1.21 bits per heavy atom. The number of nitrogens with zero attached hydrogens (tertiary/aromatic N) is 1. The minimum absolute atomic E-state index is 0.628. The van der Waals surface area contributed by atoms with Crippen LogP contribution in [0.1, 0.15) is 18.9 Å². The summed E-state index contributed by atoms with van der Waals surface area (Å²) < 4.78 is 6.83. The SMILES string of the molecule is CCCNCc1ccc(Oc2ccccc2I)nc1. The summed E-state index contributed by atoms with van der Waals surface area (Å²) in [5.41, 5.74) is 1.17. The Morgan fingerprint density at radius 2 is 2.05 bits per heavy atom. The first kappa shape index (κ1) is 14.3. The first-order valence-corrected chi connectivity index (χ1v) is 7.45. The standard InChI is InChI=1S/C15H17IN2O/c1-2-9-17-10-12-7-8-15(18-11-12)19-14-6-4-3-5-13(14)16/h3-8,11,17H,2,9-10H2,1H3. The van der Waals surface area contributed by atoms with Gasteiger partial charge >= 0.3 is 0 Å². The fraction of sp³-hybridized carbons (Fsp3) is 0.267. The van der Waals surface area contributed by atoms with Gasteiger partial charge in [-0.3, -0.25) is 0 Å². The number of pyridine rings is 1. The van der Waals surface area contributed by atoms with E-state index in [1.165, 1.54) is 5.56 Å². The number of para-hydroxylation sites is 1. The molecular formula is C15H17IN2O. The Bertz CT molecular complexity index is 514. The molecule has 0 spiro atoms. The third-order valence-electron chi connectivity index (χ3n) is 2.60. The molecule has 0 aliphatic heterocycles. The van der Waals surface area contributed by atoms with Gasteiger partial charge in [-0.25, -0.2) is 4.98 Å². The van der Waals surface area contributed by atoms with Crippen LogP contribution in [-0.4, -0.2) is 11.5 Å². The quantitative estimate of drug-likeness (QED) is 0.619. The summed E-state index contributed by atoms with van der Waals surface area (Å²) in [7, 11) is 0. The molecule has 3 nitrogen and oxygen atoms in total. The Balaban J connectivity index is 1.97. The molecule has 0 saturated heterocycles. The first-order chi connectivity index (χ1) is 9.29. The van der Waals surface area contributed by atoms with E-state index in [1.807, 2.05) is 42.6 Å². The van der Waals surface area contributed by atoms with E-state index in [-0.39, 0.29) is 0 Å². The van der Waals surface area contributed by atoms with Gasteiger partial charge in [-0.15, -0.1) is 0 Å². The van der Waals surface area contributed by atoms with Gasteiger partial charge < -0.3 is 10.1 Å². The molecule has 0 aliphatic carbocycles. The summed E-state index contributed by atoms with van der Waals surface area (Å²) in [4.78, 5) is 4.33. The lowest BCUT2D eigenvalue weighted by Crippen LogP contribution is -2.13. The third kappa shape index (κ3) is 4.47. The molecule has 2 aromatic rings. The number of nitrogens with one attached hydrogen (secondary N) is 1. The van der Waals surface area contributed by atoms with Crippen molar-refractivity contribution in [3.8, 4) is 11.6 Å². The largest absolute Gasteiger partial charge is 0.438 e. The van der Waals surface area contributed by atoms with Crippen molar-refractivity contribution in [2.24, 2.45) is 0 Å². The van der Waals surface area contributed by atoms with Gasteiger partial charge in [-0.2, -0.15) is 0 Å². The minimum Gasteiger partial charge on any atom is -0.438 e. The van der Waals surface area contributed by atoms with Crippen LogP contribution in [0.3, 0.4) is 0 Å². The van der Waals surface area contributed by atoms with E-state index >= 15 is 0 Å². The number of benzene rings is 1. The van der Waals surface area contributed by atoms with Crippen LogP contribution < -0.4 is 10.1 Å². The molecule has 1 N–H and O–H groups in total. The Hall–Kier alpha value is -1.14. The maximum atomic E-state index is 5.75. The Labute approximate surface area is 127 Å². The molecule has 1 heterocycles. The predicted molar refractivity (Wildman–Crippen MR) is 85.5 cm³/mol. The van der Waals surface area contributed by atoms with E-state index in [0.29, 0.717) is 5.88 Å². The zero-order valence-electron chi connectivity index (χ0n) is 10.9. The highest BCUT2D eigenvalue weighted by Crippen LogP contribution is 2.24. The highest BCUT2D eigenvalue weighted by molar-refractivity contribution is 14.1. The molecule has 100 valence electrons. The summed E-state index contributed by atoms with van der Waals surface area (Å²) in [6, 6.07) is 11.9. The lowest BCUT2D eigenvalue weighted by Gasteiger charge is -2.07. The summed E-state index contributed by atoms with van der Waals surface area (Å²) in [5.74, 6) is 1.47. The second kappa shape index (κ2) is 7.45. The highest BCUT2D eigenvalue weighted by Gasteiger charge is 2.02. The van der Waals surface area contributed by atoms with E-state index < -0.39 is 0 Å². The van der Waals surface area contributed by atoms with Crippen molar-refractivity contribution >= 4 is 22.6 Å². The highest BCUT2D eigenvalue weighted by atomic mass is 127. The monoisotopic (exact) mass is 368 g/mol. The smallest absolute Gasteiger partial charge is 0.219 e. The molecule has 0 fully saturated rings. The van der Waals surface area contributed by atoms with Gasteiger partial charge in [0.25, 0.3) is 0 Å². The lowest BCUT2D eigenvalue weighted by molar-refractivity contribution is 0.459. The van der Waals surface area contributed by atoms with Crippen molar-refractivity contribution < 1.29 is 4.74 Å². The van der Waals surface area contributed by atoms with Gasteiger partial charge in [0.15, 0.2) is 0 Å². The van der Waals surface area contributed by atoms with Crippen LogP contribution in [-0.2, 0) is 6.54 Å². The summed E-state index contributed by atoms with van der Waals surface area (Å²) in [6.07, 6.45) is 2.99. The van der Waals surface area contributed by atoms with Gasteiger partial charge in [0, 0.05) is 18.8 Å². The second-order valence-electron chi connectivity index (χ2n) is 4.21. The van der Waals surface area contributed by atoms with E-state index in [2.05, 4.69) is 39.8 Å². The van der Waals surface area contributed by atoms with Crippen molar-refractivity contribution in [3.05, 3.63) is 51.7 Å². The molecule has 0 amide bonds. The fourth-order valence-electron chi connectivity index (χ4n) is 1.63. The van der Waals surface area contributed by atoms with Gasteiger partial charge in [-0.05, 0) is 53.3 Å². The maximum absolute atomic E-state index is 5.75. The van der Waals surface area contributed by atoms with E-state index in [9.17, 15) is 0 Å². The third-order valence-corrected chi connectivity index (χ3v) is 3.50. The molecule has 2 rings (SSSR count).